The number of amides is 1. The molecule has 0 saturated heterocycles. The molecule has 0 fully saturated rings. The second-order valence-electron chi connectivity index (χ2n) is 2.95. The van der Waals surface area contributed by atoms with E-state index in [9.17, 15) is 4.79 Å². The molecule has 0 unspecified atom stereocenters. The van der Waals surface area contributed by atoms with Crippen LogP contribution in [0.1, 0.15) is 11.1 Å². The lowest BCUT2D eigenvalue weighted by Crippen LogP contribution is -2.15. The number of nitrogens with one attached hydrogen (secondary N) is 1. The van der Waals surface area contributed by atoms with Crippen molar-refractivity contribution in [2.75, 3.05) is 0 Å². The van der Waals surface area contributed by atoms with Crippen LogP contribution < -0.4 is 5.32 Å². The number of hydrogen-bond acceptors (Lipinski definition) is 1. The van der Waals surface area contributed by atoms with Crippen molar-refractivity contribution in [3.8, 4) is 0 Å². The zero-order valence-electron chi connectivity index (χ0n) is 7.82. The number of carbonyl (C=O) groups is 1. The highest BCUT2D eigenvalue weighted by atomic mass is 32.1. The molecule has 14 heavy (non-hydrogen) atoms. The van der Waals surface area contributed by atoms with E-state index in [1.54, 1.807) is 0 Å². The zero-order valence-corrected chi connectivity index (χ0v) is 8.64. The number of hydrogen-bond donors (Lipinski definition) is 1. The molecule has 1 radical (unpaired) electrons. The molecule has 2 nitrogen and oxygen atoms in total. The van der Waals surface area contributed by atoms with Crippen molar-refractivity contribution in [1.82, 2.24) is 5.32 Å². The van der Waals surface area contributed by atoms with Crippen LogP contribution in [-0.4, -0.2) is 5.24 Å². The van der Waals surface area contributed by atoms with Gasteiger partial charge >= 0.3 is 5.24 Å². The average Bonchev–Trinajstić information content (AvgIpc) is 2.17. The fourth-order valence-corrected chi connectivity index (χ4v) is 1.21. The third-order valence-corrected chi connectivity index (χ3v) is 1.98. The van der Waals surface area contributed by atoms with Gasteiger partial charge in [-0.2, -0.15) is 0 Å². The van der Waals surface area contributed by atoms with Crippen molar-refractivity contribution in [1.29, 1.82) is 0 Å². The number of carbonyl (C=O) groups excluding carboxylic acids is 1. The highest BCUT2D eigenvalue weighted by molar-refractivity contribution is 7.96. The van der Waals surface area contributed by atoms with E-state index in [1.165, 1.54) is 5.56 Å². The Hall–Kier alpha value is -1.35. The monoisotopic (exact) mass is 206 g/mol. The summed E-state index contributed by atoms with van der Waals surface area (Å²) < 4.78 is 0. The van der Waals surface area contributed by atoms with Crippen LogP contribution in [0, 0.1) is 0 Å². The van der Waals surface area contributed by atoms with Gasteiger partial charge in [0.1, 0.15) is 0 Å². The van der Waals surface area contributed by atoms with E-state index >= 15 is 0 Å². The van der Waals surface area contributed by atoms with E-state index in [0.29, 0.717) is 6.54 Å². The van der Waals surface area contributed by atoms with Gasteiger partial charge in [0.25, 0.3) is 0 Å². The van der Waals surface area contributed by atoms with Gasteiger partial charge in [-0.15, -0.1) is 6.58 Å². The van der Waals surface area contributed by atoms with Crippen LogP contribution in [0.2, 0.25) is 0 Å². The van der Waals surface area contributed by atoms with Crippen LogP contribution in [0.25, 0.3) is 0 Å². The second-order valence-corrected chi connectivity index (χ2v) is 3.32. The molecule has 1 N–H and O–H groups in total. The Balaban J connectivity index is 2.54. The molecule has 0 heterocycles. The Bertz CT molecular complexity index is 319. The lowest BCUT2D eigenvalue weighted by molar-refractivity contribution is 0.260. The van der Waals surface area contributed by atoms with Crippen LogP contribution >= 0.6 is 12.6 Å². The second kappa shape index (κ2) is 5.40. The summed E-state index contributed by atoms with van der Waals surface area (Å²) in [5.74, 6) is 0. The summed E-state index contributed by atoms with van der Waals surface area (Å²) in [5, 5.41) is 2.15. The standard InChI is InChI=1S/C11H12NOS/c1-2-3-9-4-6-10(7-5-9)8-12-11(13)14/h2,4-7H,1,3,8H2,(H,12,13). The first-order valence-electron chi connectivity index (χ1n) is 4.36. The Morgan fingerprint density at radius 3 is 2.43 bits per heavy atom. The molecule has 0 aromatic heterocycles. The minimum absolute atomic E-state index is 0.417. The third kappa shape index (κ3) is 3.58. The first-order chi connectivity index (χ1) is 6.72. The summed E-state index contributed by atoms with van der Waals surface area (Å²) in [4.78, 5) is 10.5. The fraction of sp³-hybridized carbons (Fsp3) is 0.182. The average molecular weight is 206 g/mol. The maximum absolute atomic E-state index is 10.5. The summed E-state index contributed by atoms with van der Waals surface area (Å²) in [6.07, 6.45) is 2.73. The maximum Gasteiger partial charge on any atom is 0.310 e. The van der Waals surface area contributed by atoms with Crippen molar-refractivity contribution in [2.45, 2.75) is 13.0 Å². The molecule has 0 atom stereocenters. The molecule has 0 aliphatic heterocycles. The molecule has 1 aromatic rings. The van der Waals surface area contributed by atoms with Gasteiger partial charge in [0.15, 0.2) is 0 Å². The molecular weight excluding hydrogens is 194 g/mol. The molecular formula is C11H12NOS. The summed E-state index contributed by atoms with van der Waals surface area (Å²) in [7, 11) is 0. The largest absolute Gasteiger partial charge is 0.339 e. The summed E-state index contributed by atoms with van der Waals surface area (Å²) >= 11 is 4.38. The van der Waals surface area contributed by atoms with Crippen LogP contribution in [0.15, 0.2) is 36.9 Å². The van der Waals surface area contributed by atoms with Gasteiger partial charge < -0.3 is 5.32 Å². The van der Waals surface area contributed by atoms with Crippen molar-refractivity contribution in [3.63, 3.8) is 0 Å². The SMILES string of the molecule is C=CCc1ccc(CNC(=O)[S])cc1. The number of rotatable bonds is 4. The highest BCUT2D eigenvalue weighted by Crippen LogP contribution is 2.05. The summed E-state index contributed by atoms with van der Waals surface area (Å²) in [5.41, 5.74) is 2.27. The smallest absolute Gasteiger partial charge is 0.310 e. The number of allylic oxidation sites excluding steroid dienone is 1. The van der Waals surface area contributed by atoms with Crippen molar-refractivity contribution in [2.24, 2.45) is 0 Å². The fourth-order valence-electron chi connectivity index (χ4n) is 1.13. The first-order valence-corrected chi connectivity index (χ1v) is 4.77. The lowest BCUT2D eigenvalue weighted by Gasteiger charge is -2.02. The van der Waals surface area contributed by atoms with Gasteiger partial charge in [0.05, 0.1) is 0 Å². The van der Waals surface area contributed by atoms with E-state index in [0.717, 1.165) is 12.0 Å². The summed E-state index contributed by atoms with van der Waals surface area (Å²) in [6.45, 7) is 4.16. The van der Waals surface area contributed by atoms with E-state index in [-0.39, 0.29) is 0 Å². The van der Waals surface area contributed by atoms with Crippen LogP contribution in [0.4, 0.5) is 4.79 Å². The molecule has 0 aliphatic rings. The van der Waals surface area contributed by atoms with E-state index in [1.807, 2.05) is 30.3 Å². The van der Waals surface area contributed by atoms with Gasteiger partial charge in [0.2, 0.25) is 0 Å². The third-order valence-electron chi connectivity index (χ3n) is 1.84. The Kier molecular flexibility index (Phi) is 4.13. The minimum atomic E-state index is -0.417. The molecule has 1 aromatic carbocycles. The first kappa shape index (κ1) is 10.7. The Morgan fingerprint density at radius 2 is 1.93 bits per heavy atom. The Morgan fingerprint density at radius 1 is 1.36 bits per heavy atom. The molecule has 0 aliphatic carbocycles. The topological polar surface area (TPSA) is 29.1 Å². The lowest BCUT2D eigenvalue weighted by atomic mass is 10.1. The minimum Gasteiger partial charge on any atom is -0.339 e. The molecule has 0 spiro atoms. The molecule has 73 valence electrons. The van der Waals surface area contributed by atoms with Gasteiger partial charge in [0, 0.05) is 6.54 Å². The van der Waals surface area contributed by atoms with Crippen molar-refractivity contribution < 1.29 is 4.79 Å². The predicted molar refractivity (Wildman–Crippen MR) is 60.2 cm³/mol. The summed E-state index contributed by atoms with van der Waals surface area (Å²) in [6, 6.07) is 7.99. The van der Waals surface area contributed by atoms with Crippen LogP contribution in [0.3, 0.4) is 0 Å². The molecule has 1 rings (SSSR count). The molecule has 0 saturated carbocycles. The predicted octanol–water partition coefficient (Wildman–Crippen LogP) is 2.82. The quantitative estimate of drug-likeness (QED) is 0.754. The van der Waals surface area contributed by atoms with Crippen LogP contribution in [-0.2, 0) is 13.0 Å². The molecule has 3 heteroatoms. The normalized spacial score (nSPS) is 9.43. The maximum atomic E-state index is 10.5. The molecule has 1 amide bonds. The Labute approximate surface area is 89.4 Å². The van der Waals surface area contributed by atoms with Gasteiger partial charge in [-0.05, 0) is 30.2 Å². The highest BCUT2D eigenvalue weighted by Gasteiger charge is 1.95. The zero-order chi connectivity index (χ0) is 10.4. The molecule has 0 bridgehead atoms. The van der Waals surface area contributed by atoms with Gasteiger partial charge in [-0.3, -0.25) is 4.79 Å². The van der Waals surface area contributed by atoms with E-state index in [2.05, 4.69) is 24.5 Å². The van der Waals surface area contributed by atoms with E-state index in [4.69, 9.17) is 0 Å². The van der Waals surface area contributed by atoms with Gasteiger partial charge in [-0.1, -0.05) is 30.3 Å². The van der Waals surface area contributed by atoms with Gasteiger partial charge in [-0.25, -0.2) is 0 Å². The van der Waals surface area contributed by atoms with Crippen molar-refractivity contribution >= 4 is 17.9 Å². The van der Waals surface area contributed by atoms with Crippen molar-refractivity contribution in [3.05, 3.63) is 48.0 Å². The number of benzene rings is 1. The van der Waals surface area contributed by atoms with Crippen LogP contribution in [0.5, 0.6) is 0 Å². The van der Waals surface area contributed by atoms with E-state index < -0.39 is 5.24 Å².